The number of aliphatic imine (C=N–C) groups is 1. The Hall–Kier alpha value is -2.62. The average Bonchev–Trinajstić information content (AvgIpc) is 2.52. The Morgan fingerprint density at radius 2 is 2.25 bits per heavy atom. The molecule has 10 heteroatoms. The van der Waals surface area contributed by atoms with Gasteiger partial charge in [-0.15, -0.1) is 12.6 Å². The number of carbonyl (C=O) groups excluding carboxylic acids is 2. The first-order valence-electron chi connectivity index (χ1n) is 7.10. The number of nitrogens with zero attached hydrogens (tertiary/aromatic N) is 2. The van der Waals surface area contributed by atoms with Gasteiger partial charge in [0.2, 0.25) is 0 Å². The summed E-state index contributed by atoms with van der Waals surface area (Å²) in [6, 6.07) is 4.35. The van der Waals surface area contributed by atoms with E-state index in [4.69, 9.17) is 5.73 Å². The van der Waals surface area contributed by atoms with Crippen LogP contribution in [0.3, 0.4) is 0 Å². The Bertz CT molecular complexity index is 650. The van der Waals surface area contributed by atoms with Crippen LogP contribution in [0.4, 0.5) is 0 Å². The van der Waals surface area contributed by atoms with Crippen LogP contribution in [0.15, 0.2) is 28.1 Å². The third kappa shape index (κ3) is 6.65. The van der Waals surface area contributed by atoms with Gasteiger partial charge in [-0.05, 0) is 43.5 Å². The van der Waals surface area contributed by atoms with Gasteiger partial charge in [-0.2, -0.15) is 0 Å². The smallest absolute Gasteiger partial charge is 0.251 e. The van der Waals surface area contributed by atoms with Crippen molar-refractivity contribution in [3.05, 3.63) is 39.4 Å². The van der Waals surface area contributed by atoms with Crippen molar-refractivity contribution in [3.63, 3.8) is 0 Å². The molecule has 1 aromatic carbocycles. The van der Waals surface area contributed by atoms with Crippen molar-refractivity contribution in [3.8, 4) is 0 Å². The highest BCUT2D eigenvalue weighted by Crippen LogP contribution is 2.14. The van der Waals surface area contributed by atoms with Gasteiger partial charge >= 0.3 is 0 Å². The van der Waals surface area contributed by atoms with Crippen molar-refractivity contribution < 1.29 is 14.6 Å². The van der Waals surface area contributed by atoms with Crippen molar-refractivity contribution in [2.45, 2.75) is 30.7 Å². The number of hydrogen-bond donors (Lipinski definition) is 4. The van der Waals surface area contributed by atoms with E-state index in [9.17, 15) is 19.7 Å². The Morgan fingerprint density at radius 3 is 2.83 bits per heavy atom. The van der Waals surface area contributed by atoms with E-state index in [-0.39, 0.29) is 18.4 Å². The molecule has 0 saturated carbocycles. The van der Waals surface area contributed by atoms with E-state index in [2.05, 4.69) is 22.9 Å². The summed E-state index contributed by atoms with van der Waals surface area (Å²) in [5, 5.41) is 11.9. The number of aldehydes is 1. The SMILES string of the molecule is Cc1cc(C(=O)NC(C=O)CCCN=C(N)N[N+](=O)[O-])ccc1S. The maximum absolute atomic E-state index is 12.1. The fourth-order valence-corrected chi connectivity index (χ4v) is 2.00. The van der Waals surface area contributed by atoms with E-state index in [1.807, 2.05) is 6.92 Å². The summed E-state index contributed by atoms with van der Waals surface area (Å²) in [4.78, 5) is 37.8. The van der Waals surface area contributed by atoms with Crippen molar-refractivity contribution in [2.24, 2.45) is 10.7 Å². The van der Waals surface area contributed by atoms with Crippen LogP contribution in [0.2, 0.25) is 0 Å². The van der Waals surface area contributed by atoms with Gasteiger partial charge < -0.3 is 15.8 Å². The van der Waals surface area contributed by atoms with Crippen LogP contribution in [-0.2, 0) is 4.79 Å². The largest absolute Gasteiger partial charge is 0.365 e. The lowest BCUT2D eigenvalue weighted by molar-refractivity contribution is -0.525. The molecule has 24 heavy (non-hydrogen) atoms. The average molecular weight is 353 g/mol. The number of hydrogen-bond acceptors (Lipinski definition) is 6. The molecule has 0 heterocycles. The second-order valence-corrected chi connectivity index (χ2v) is 5.48. The molecule has 1 aromatic rings. The summed E-state index contributed by atoms with van der Waals surface area (Å²) in [5.41, 5.74) is 8.27. The second kappa shape index (κ2) is 9.50. The standard InChI is InChI=1S/C14H19N5O4S/c1-9-7-10(4-5-12(9)24)13(21)17-11(8-20)3-2-6-16-14(15)18-19(22)23/h4-5,7-8,11,24H,2-3,6H2,1H3,(H,17,21)(H3,15,16,18). The summed E-state index contributed by atoms with van der Waals surface area (Å²) >= 11 is 4.24. The summed E-state index contributed by atoms with van der Waals surface area (Å²) in [7, 11) is 0. The van der Waals surface area contributed by atoms with Gasteiger partial charge in [0.05, 0.1) is 6.04 Å². The predicted octanol–water partition coefficient (Wildman–Crippen LogP) is 0.457. The second-order valence-electron chi connectivity index (χ2n) is 5.00. The van der Waals surface area contributed by atoms with Crippen molar-refractivity contribution in [1.29, 1.82) is 0 Å². The number of nitro groups is 1. The Morgan fingerprint density at radius 1 is 1.54 bits per heavy atom. The molecular formula is C14H19N5O4S. The molecule has 0 aliphatic rings. The highest BCUT2D eigenvalue weighted by molar-refractivity contribution is 7.80. The molecule has 0 saturated heterocycles. The molecule has 1 unspecified atom stereocenters. The lowest BCUT2D eigenvalue weighted by atomic mass is 10.1. The van der Waals surface area contributed by atoms with E-state index >= 15 is 0 Å². The van der Waals surface area contributed by atoms with Crippen LogP contribution in [0.1, 0.15) is 28.8 Å². The fourth-order valence-electron chi connectivity index (χ4n) is 1.86. The highest BCUT2D eigenvalue weighted by Gasteiger charge is 2.13. The molecule has 1 rings (SSSR count). The number of rotatable bonds is 8. The number of benzene rings is 1. The summed E-state index contributed by atoms with van der Waals surface area (Å²) in [6.07, 6.45) is 1.41. The van der Waals surface area contributed by atoms with Gasteiger partial charge in [0, 0.05) is 17.0 Å². The molecule has 0 aromatic heterocycles. The van der Waals surface area contributed by atoms with Crippen LogP contribution in [0.25, 0.3) is 0 Å². The lowest BCUT2D eigenvalue weighted by Gasteiger charge is -2.13. The van der Waals surface area contributed by atoms with Gasteiger partial charge in [0.1, 0.15) is 6.29 Å². The Labute approximate surface area is 144 Å². The van der Waals surface area contributed by atoms with Gasteiger partial charge in [-0.3, -0.25) is 4.79 Å². The molecule has 0 spiro atoms. The molecule has 0 aliphatic heterocycles. The zero-order valence-electron chi connectivity index (χ0n) is 13.1. The third-order valence-electron chi connectivity index (χ3n) is 3.10. The molecular weight excluding hydrogens is 334 g/mol. The van der Waals surface area contributed by atoms with E-state index in [0.29, 0.717) is 24.7 Å². The first-order valence-corrected chi connectivity index (χ1v) is 7.55. The van der Waals surface area contributed by atoms with Gasteiger partial charge in [0.15, 0.2) is 5.03 Å². The monoisotopic (exact) mass is 353 g/mol. The number of carbonyl (C=O) groups is 2. The quantitative estimate of drug-likeness (QED) is 0.102. The van der Waals surface area contributed by atoms with Crippen molar-refractivity contribution in [1.82, 2.24) is 10.7 Å². The van der Waals surface area contributed by atoms with Crippen LogP contribution < -0.4 is 16.5 Å². The molecule has 1 amide bonds. The van der Waals surface area contributed by atoms with Crippen molar-refractivity contribution >= 4 is 30.8 Å². The topological polar surface area (TPSA) is 140 Å². The minimum atomic E-state index is -0.814. The highest BCUT2D eigenvalue weighted by atomic mass is 32.1. The van der Waals surface area contributed by atoms with Crippen molar-refractivity contribution in [2.75, 3.05) is 6.54 Å². The molecule has 130 valence electrons. The maximum atomic E-state index is 12.1. The van der Waals surface area contributed by atoms with Gasteiger partial charge in [-0.25, -0.2) is 15.1 Å². The zero-order valence-corrected chi connectivity index (χ0v) is 14.0. The number of nitrogens with one attached hydrogen (secondary N) is 2. The molecule has 4 N–H and O–H groups in total. The van der Waals surface area contributed by atoms with Gasteiger partial charge in [-0.1, -0.05) is 5.43 Å². The number of aryl methyl sites for hydroxylation is 1. The number of thiol groups is 1. The fraction of sp³-hybridized carbons (Fsp3) is 0.357. The van der Waals surface area contributed by atoms with E-state index < -0.39 is 11.1 Å². The number of nitrogens with two attached hydrogens (primary N) is 1. The van der Waals surface area contributed by atoms with E-state index in [1.54, 1.807) is 23.6 Å². The van der Waals surface area contributed by atoms with Crippen LogP contribution in [0.5, 0.6) is 0 Å². The molecule has 1 atom stereocenters. The number of hydrazine groups is 1. The van der Waals surface area contributed by atoms with E-state index in [1.165, 1.54) is 0 Å². The molecule has 0 aliphatic carbocycles. The van der Waals surface area contributed by atoms with Crippen LogP contribution >= 0.6 is 12.6 Å². The minimum absolute atomic E-state index is 0.195. The first-order chi connectivity index (χ1) is 11.3. The zero-order chi connectivity index (χ0) is 18.1. The van der Waals surface area contributed by atoms with E-state index in [0.717, 1.165) is 10.5 Å². The predicted molar refractivity (Wildman–Crippen MR) is 91.6 cm³/mol. The summed E-state index contributed by atoms with van der Waals surface area (Å²) in [6.45, 7) is 2.03. The van der Waals surface area contributed by atoms with Gasteiger partial charge in [0.25, 0.3) is 11.9 Å². The molecule has 0 bridgehead atoms. The molecule has 9 nitrogen and oxygen atoms in total. The Balaban J connectivity index is 2.49. The summed E-state index contributed by atoms with van der Waals surface area (Å²) < 4.78 is 0. The first kappa shape index (κ1) is 19.4. The molecule has 0 fully saturated rings. The minimum Gasteiger partial charge on any atom is -0.365 e. The van der Waals surface area contributed by atoms with Crippen LogP contribution in [0, 0.1) is 17.0 Å². The summed E-state index contributed by atoms with van der Waals surface area (Å²) in [5.74, 6) is -0.671. The third-order valence-corrected chi connectivity index (χ3v) is 3.60. The number of guanidine groups is 1. The normalized spacial score (nSPS) is 12.3. The van der Waals surface area contributed by atoms with Crippen LogP contribution in [-0.4, -0.2) is 35.8 Å². The lowest BCUT2D eigenvalue weighted by Crippen LogP contribution is -2.37. The Kier molecular flexibility index (Phi) is 7.69. The molecule has 0 radical (unpaired) electrons. The maximum Gasteiger partial charge on any atom is 0.251 e. The number of amides is 1.